The highest BCUT2D eigenvalue weighted by atomic mass is 31.1. The van der Waals surface area contributed by atoms with E-state index in [0.29, 0.717) is 0 Å². The largest absolute Gasteiger partial charge is 0.480 e. The van der Waals surface area contributed by atoms with Gasteiger partial charge in [-0.1, -0.05) is 4.57 Å². The van der Waals surface area contributed by atoms with Crippen molar-refractivity contribution in [3.63, 3.8) is 0 Å². The second kappa shape index (κ2) is 3.50. The van der Waals surface area contributed by atoms with E-state index in [1.165, 1.54) is 0 Å². The minimum atomic E-state index is -1.46. The molecular formula is C3H7NO4P+. The van der Waals surface area contributed by atoms with Crippen LogP contribution >= 0.6 is 8.46 Å². The zero-order valence-corrected chi connectivity index (χ0v) is 5.44. The Morgan fingerprint density at radius 2 is 2.11 bits per heavy atom. The van der Waals surface area contributed by atoms with Crippen LogP contribution in [0, 0.1) is 0 Å². The fourth-order valence-electron chi connectivity index (χ4n) is 0.208. The zero-order valence-electron chi connectivity index (χ0n) is 4.44. The van der Waals surface area contributed by atoms with Crippen LogP contribution in [0.5, 0.6) is 0 Å². The number of carbonyl (C=O) groups is 1. The lowest BCUT2D eigenvalue weighted by Gasteiger charge is -1.99. The van der Waals surface area contributed by atoms with Crippen LogP contribution < -0.4 is 5.73 Å². The molecule has 52 valence electrons. The molecule has 0 heterocycles. The van der Waals surface area contributed by atoms with Crippen LogP contribution in [0.3, 0.4) is 0 Å². The van der Waals surface area contributed by atoms with Gasteiger partial charge in [0.05, 0.1) is 0 Å². The van der Waals surface area contributed by atoms with Gasteiger partial charge in [0.2, 0.25) is 0 Å². The maximum atomic E-state index is 9.88. The van der Waals surface area contributed by atoms with Gasteiger partial charge in [0.1, 0.15) is 0 Å². The van der Waals surface area contributed by atoms with Crippen molar-refractivity contribution in [2.45, 2.75) is 11.9 Å². The van der Waals surface area contributed by atoms with Crippen molar-refractivity contribution in [2.24, 2.45) is 5.73 Å². The van der Waals surface area contributed by atoms with E-state index in [0.717, 1.165) is 0 Å². The topological polar surface area (TPSA) is 101 Å². The van der Waals surface area contributed by atoms with Crippen LogP contribution in [-0.4, -0.2) is 28.1 Å². The lowest BCUT2D eigenvalue weighted by atomic mass is 10.3. The molecule has 0 amide bonds. The van der Waals surface area contributed by atoms with Gasteiger partial charge in [0.25, 0.3) is 5.85 Å². The summed E-state index contributed by atoms with van der Waals surface area (Å²) in [7, 11) is -1.10. The highest BCUT2D eigenvalue weighted by Gasteiger charge is 2.27. The maximum absolute atomic E-state index is 9.88. The predicted octanol–water partition coefficient (Wildman–Crippen LogP) is -1.26. The quantitative estimate of drug-likeness (QED) is 0.438. The molecule has 0 aromatic heterocycles. The summed E-state index contributed by atoms with van der Waals surface area (Å²) in [6, 6.07) is -1.44. The third kappa shape index (κ3) is 2.51. The molecule has 3 atom stereocenters. The number of aliphatic carboxylic acids is 1. The Morgan fingerprint density at radius 1 is 1.67 bits per heavy atom. The van der Waals surface area contributed by atoms with Gasteiger partial charge in [0.15, 0.2) is 6.04 Å². The lowest BCUT2D eigenvalue weighted by Crippen LogP contribution is -2.38. The first-order valence-corrected chi connectivity index (χ1v) is 3.12. The molecule has 0 aliphatic rings. The van der Waals surface area contributed by atoms with Crippen LogP contribution in [0.2, 0.25) is 0 Å². The minimum Gasteiger partial charge on any atom is -0.480 e. The summed E-state index contributed by atoms with van der Waals surface area (Å²) in [5.41, 5.74) is 4.83. The van der Waals surface area contributed by atoms with Crippen LogP contribution in [0.1, 0.15) is 0 Å². The number of rotatable bonds is 3. The van der Waals surface area contributed by atoms with E-state index in [1.54, 1.807) is 0 Å². The average molecular weight is 152 g/mol. The van der Waals surface area contributed by atoms with Crippen molar-refractivity contribution in [1.29, 1.82) is 0 Å². The van der Waals surface area contributed by atoms with Crippen molar-refractivity contribution >= 4 is 14.4 Å². The van der Waals surface area contributed by atoms with Crippen LogP contribution in [-0.2, 0) is 9.36 Å². The number of carboxylic acids is 1. The van der Waals surface area contributed by atoms with E-state index in [2.05, 4.69) is 0 Å². The lowest BCUT2D eigenvalue weighted by molar-refractivity contribution is -0.139. The molecule has 0 aliphatic heterocycles. The fraction of sp³-hybridized carbons (Fsp3) is 0.667. The number of hydrogen-bond acceptors (Lipinski definition) is 4. The summed E-state index contributed by atoms with van der Waals surface area (Å²) in [6.45, 7) is 0. The highest BCUT2D eigenvalue weighted by molar-refractivity contribution is 7.24. The summed E-state index contributed by atoms with van der Waals surface area (Å²) < 4.78 is 9.81. The Kier molecular flexibility index (Phi) is 3.30. The van der Waals surface area contributed by atoms with Crippen molar-refractivity contribution in [3.05, 3.63) is 0 Å². The van der Waals surface area contributed by atoms with Crippen LogP contribution in [0.4, 0.5) is 0 Å². The van der Waals surface area contributed by atoms with Crippen molar-refractivity contribution < 1.29 is 19.6 Å². The minimum absolute atomic E-state index is 1.10. The van der Waals surface area contributed by atoms with Crippen LogP contribution in [0.15, 0.2) is 0 Å². The third-order valence-electron chi connectivity index (χ3n) is 0.746. The molecule has 0 rings (SSSR count). The second-order valence-electron chi connectivity index (χ2n) is 1.43. The molecule has 0 spiro atoms. The van der Waals surface area contributed by atoms with Crippen molar-refractivity contribution in [1.82, 2.24) is 0 Å². The summed E-state index contributed by atoms with van der Waals surface area (Å²) in [5, 5.41) is 16.6. The maximum Gasteiger partial charge on any atom is 0.358 e. The van der Waals surface area contributed by atoms with Gasteiger partial charge in [-0.2, -0.15) is 0 Å². The monoisotopic (exact) mass is 152 g/mol. The summed E-state index contributed by atoms with van der Waals surface area (Å²) >= 11 is 0. The van der Waals surface area contributed by atoms with Gasteiger partial charge in [-0.05, 0) is 0 Å². The number of nitrogens with two attached hydrogens (primary N) is 1. The zero-order chi connectivity index (χ0) is 7.44. The van der Waals surface area contributed by atoms with E-state index in [-0.39, 0.29) is 0 Å². The molecule has 0 bridgehead atoms. The molecule has 0 aliphatic carbocycles. The summed E-state index contributed by atoms with van der Waals surface area (Å²) in [6.07, 6.45) is 0. The molecular weight excluding hydrogens is 145 g/mol. The highest BCUT2D eigenvalue weighted by Crippen LogP contribution is 2.04. The second-order valence-corrected chi connectivity index (χ2v) is 2.25. The molecule has 5 nitrogen and oxygen atoms in total. The fourth-order valence-corrected chi connectivity index (χ4v) is 0.498. The normalized spacial score (nSPS) is 17.1. The number of carboxylic acid groups (broad SMARTS) is 1. The third-order valence-corrected chi connectivity index (χ3v) is 1.35. The van der Waals surface area contributed by atoms with E-state index >= 15 is 0 Å². The SMILES string of the molecule is NC(C(=O)O)C(O)[PH+]=O. The standard InChI is InChI=1S/C3H6NO4P/c4-1(2(5)6)3(7)9-8/h1,3,7H,4H2,(H,5,6)/p+1. The number of aliphatic hydroxyl groups is 1. The van der Waals surface area contributed by atoms with Crippen molar-refractivity contribution in [2.75, 3.05) is 0 Å². The van der Waals surface area contributed by atoms with E-state index in [1.807, 2.05) is 0 Å². The molecule has 0 aromatic carbocycles. The molecule has 3 unspecified atom stereocenters. The predicted molar refractivity (Wildman–Crippen MR) is 30.6 cm³/mol. The molecule has 0 saturated heterocycles. The Labute approximate surface area is 52.7 Å². The Balaban J connectivity index is 3.86. The first-order valence-electron chi connectivity index (χ1n) is 2.13. The first-order chi connectivity index (χ1) is 4.09. The molecule has 0 radical (unpaired) electrons. The smallest absolute Gasteiger partial charge is 0.358 e. The van der Waals surface area contributed by atoms with Crippen LogP contribution in [0.25, 0.3) is 0 Å². The molecule has 0 aromatic rings. The van der Waals surface area contributed by atoms with E-state index in [9.17, 15) is 9.36 Å². The Hall–Kier alpha value is -0.510. The summed E-state index contributed by atoms with van der Waals surface area (Å²) in [5.74, 6) is -2.81. The van der Waals surface area contributed by atoms with Gasteiger partial charge in [-0.25, -0.2) is 0 Å². The number of hydrogen-bond donors (Lipinski definition) is 3. The number of aliphatic hydroxyl groups excluding tert-OH is 1. The molecule has 0 fully saturated rings. The first kappa shape index (κ1) is 8.49. The van der Waals surface area contributed by atoms with Gasteiger partial charge in [0, 0.05) is 0 Å². The van der Waals surface area contributed by atoms with Gasteiger partial charge in [-0.15, -0.1) is 0 Å². The average Bonchev–Trinajstić information content (AvgIpc) is 1.84. The van der Waals surface area contributed by atoms with E-state index < -0.39 is 26.3 Å². The molecule has 6 heteroatoms. The molecule has 9 heavy (non-hydrogen) atoms. The van der Waals surface area contributed by atoms with Gasteiger partial charge < -0.3 is 15.9 Å². The Morgan fingerprint density at radius 3 is 2.22 bits per heavy atom. The van der Waals surface area contributed by atoms with Crippen molar-refractivity contribution in [3.8, 4) is 0 Å². The van der Waals surface area contributed by atoms with Gasteiger partial charge >= 0.3 is 14.4 Å². The van der Waals surface area contributed by atoms with Gasteiger partial charge in [-0.3, -0.25) is 4.79 Å². The Bertz CT molecular complexity index is 127. The molecule has 0 saturated carbocycles. The summed E-state index contributed by atoms with van der Waals surface area (Å²) in [4.78, 5) is 9.88. The molecule has 4 N–H and O–H groups in total. The van der Waals surface area contributed by atoms with E-state index in [4.69, 9.17) is 15.9 Å².